The Hall–Kier alpha value is -2.01. The number of hydrogen-bond donors (Lipinski definition) is 1. The fourth-order valence-electron chi connectivity index (χ4n) is 1.87. The monoisotopic (exact) mass is 261 g/mol. The first-order valence-corrected chi connectivity index (χ1v) is 6.28. The molecule has 1 aromatic carbocycles. The second-order valence-corrected chi connectivity index (χ2v) is 4.11. The molecular formula is C14H19N3O2. The highest BCUT2D eigenvalue weighted by Crippen LogP contribution is 2.28. The molecule has 2 rings (SSSR count). The molecule has 0 spiro atoms. The summed E-state index contributed by atoms with van der Waals surface area (Å²) in [5.74, 6) is 2.29. The van der Waals surface area contributed by atoms with Crippen molar-refractivity contribution < 1.29 is 9.47 Å². The van der Waals surface area contributed by atoms with Crippen LogP contribution in [-0.2, 0) is 19.7 Å². The van der Waals surface area contributed by atoms with Crippen molar-refractivity contribution in [2.24, 2.45) is 5.73 Å². The van der Waals surface area contributed by atoms with Crippen LogP contribution in [-0.4, -0.2) is 16.7 Å². The molecule has 0 bridgehead atoms. The number of hydrogen-bond acceptors (Lipinski definition) is 4. The summed E-state index contributed by atoms with van der Waals surface area (Å²) in [4.78, 5) is 4.27. The van der Waals surface area contributed by atoms with E-state index in [9.17, 15) is 0 Å². The van der Waals surface area contributed by atoms with Gasteiger partial charge in [0, 0.05) is 25.5 Å². The third-order valence-corrected chi connectivity index (χ3v) is 2.96. The molecule has 0 radical (unpaired) electrons. The summed E-state index contributed by atoms with van der Waals surface area (Å²) >= 11 is 0. The van der Waals surface area contributed by atoms with Crippen molar-refractivity contribution >= 4 is 0 Å². The Morgan fingerprint density at radius 3 is 2.84 bits per heavy atom. The van der Waals surface area contributed by atoms with Crippen molar-refractivity contribution in [1.29, 1.82) is 0 Å². The van der Waals surface area contributed by atoms with Crippen LogP contribution in [0.5, 0.6) is 11.5 Å². The zero-order chi connectivity index (χ0) is 13.7. The average molecular weight is 261 g/mol. The number of benzene rings is 1. The van der Waals surface area contributed by atoms with Crippen LogP contribution in [0.1, 0.15) is 18.3 Å². The van der Waals surface area contributed by atoms with Crippen LogP contribution < -0.4 is 15.2 Å². The minimum Gasteiger partial charge on any atom is -0.493 e. The Kier molecular flexibility index (Phi) is 4.41. The molecule has 2 aromatic rings. The van der Waals surface area contributed by atoms with E-state index in [4.69, 9.17) is 15.2 Å². The van der Waals surface area contributed by atoms with E-state index in [1.54, 1.807) is 13.3 Å². The summed E-state index contributed by atoms with van der Waals surface area (Å²) in [5, 5.41) is 0. The lowest BCUT2D eigenvalue weighted by Gasteiger charge is -2.12. The van der Waals surface area contributed by atoms with Gasteiger partial charge in [0.25, 0.3) is 0 Å². The number of rotatable bonds is 6. The molecule has 0 aliphatic rings. The van der Waals surface area contributed by atoms with Gasteiger partial charge in [-0.3, -0.25) is 0 Å². The van der Waals surface area contributed by atoms with Gasteiger partial charge in [-0.2, -0.15) is 0 Å². The molecule has 1 aromatic heterocycles. The molecule has 102 valence electrons. The second-order valence-electron chi connectivity index (χ2n) is 4.11. The Morgan fingerprint density at radius 1 is 1.32 bits per heavy atom. The molecule has 0 saturated heterocycles. The van der Waals surface area contributed by atoms with Gasteiger partial charge in [0.1, 0.15) is 12.4 Å². The summed E-state index contributed by atoms with van der Waals surface area (Å²) in [6.07, 6.45) is 3.71. The van der Waals surface area contributed by atoms with Crippen molar-refractivity contribution in [3.8, 4) is 11.5 Å². The van der Waals surface area contributed by atoms with Crippen molar-refractivity contribution in [3.63, 3.8) is 0 Å². The zero-order valence-corrected chi connectivity index (χ0v) is 11.3. The molecule has 0 saturated carbocycles. The topological polar surface area (TPSA) is 62.3 Å². The van der Waals surface area contributed by atoms with Gasteiger partial charge >= 0.3 is 0 Å². The van der Waals surface area contributed by atoms with Crippen LogP contribution in [0, 0.1) is 0 Å². The number of nitrogens with zero attached hydrogens (tertiary/aromatic N) is 2. The van der Waals surface area contributed by atoms with Gasteiger partial charge < -0.3 is 19.8 Å². The fourth-order valence-corrected chi connectivity index (χ4v) is 1.87. The van der Waals surface area contributed by atoms with E-state index in [1.807, 2.05) is 29.0 Å². The largest absolute Gasteiger partial charge is 0.493 e. The van der Waals surface area contributed by atoms with E-state index >= 15 is 0 Å². The quantitative estimate of drug-likeness (QED) is 0.863. The number of ether oxygens (including phenoxy) is 2. The van der Waals surface area contributed by atoms with Gasteiger partial charge in [0.2, 0.25) is 0 Å². The lowest BCUT2D eigenvalue weighted by molar-refractivity contribution is 0.271. The highest BCUT2D eigenvalue weighted by Gasteiger charge is 2.07. The molecule has 0 aliphatic heterocycles. The number of methoxy groups -OCH3 is 1. The van der Waals surface area contributed by atoms with Gasteiger partial charge in [-0.15, -0.1) is 0 Å². The Balaban J connectivity index is 2.11. The van der Waals surface area contributed by atoms with Crippen molar-refractivity contribution in [3.05, 3.63) is 42.0 Å². The summed E-state index contributed by atoms with van der Waals surface area (Å²) < 4.78 is 13.1. The van der Waals surface area contributed by atoms with Crippen LogP contribution in [0.4, 0.5) is 0 Å². The van der Waals surface area contributed by atoms with Gasteiger partial charge in [-0.05, 0) is 24.6 Å². The van der Waals surface area contributed by atoms with Gasteiger partial charge in [-0.25, -0.2) is 4.98 Å². The average Bonchev–Trinajstić information content (AvgIpc) is 2.92. The SMILES string of the molecule is CCn1ccnc1COc1ccc(CN)cc1OC. The first kappa shape index (κ1) is 13.4. The zero-order valence-electron chi connectivity index (χ0n) is 11.3. The summed E-state index contributed by atoms with van der Waals surface area (Å²) in [7, 11) is 1.62. The number of imidazole rings is 1. The molecule has 0 unspecified atom stereocenters. The van der Waals surface area contributed by atoms with Crippen LogP contribution in [0.15, 0.2) is 30.6 Å². The summed E-state index contributed by atoms with van der Waals surface area (Å²) in [5.41, 5.74) is 6.62. The van der Waals surface area contributed by atoms with Crippen LogP contribution >= 0.6 is 0 Å². The van der Waals surface area contributed by atoms with E-state index in [1.165, 1.54) is 0 Å². The number of aromatic nitrogens is 2. The molecule has 5 nitrogen and oxygen atoms in total. The lowest BCUT2D eigenvalue weighted by atomic mass is 10.2. The molecule has 19 heavy (non-hydrogen) atoms. The van der Waals surface area contributed by atoms with Crippen LogP contribution in [0.3, 0.4) is 0 Å². The van der Waals surface area contributed by atoms with Gasteiger partial charge in [0.15, 0.2) is 11.5 Å². The Bertz CT molecular complexity index is 537. The normalized spacial score (nSPS) is 10.5. The summed E-state index contributed by atoms with van der Waals surface area (Å²) in [6, 6.07) is 5.70. The van der Waals surface area contributed by atoms with E-state index in [2.05, 4.69) is 11.9 Å². The number of nitrogens with two attached hydrogens (primary N) is 1. The smallest absolute Gasteiger partial charge is 0.161 e. The standard InChI is InChI=1S/C14H19N3O2/c1-3-17-7-6-16-14(17)10-19-12-5-4-11(9-15)8-13(12)18-2/h4-8H,3,9-10,15H2,1-2H3. The van der Waals surface area contributed by atoms with Crippen molar-refractivity contribution in [2.45, 2.75) is 26.6 Å². The Morgan fingerprint density at radius 2 is 2.16 bits per heavy atom. The Labute approximate surface area is 113 Å². The molecule has 0 fully saturated rings. The van der Waals surface area contributed by atoms with E-state index < -0.39 is 0 Å². The summed E-state index contributed by atoms with van der Waals surface area (Å²) in [6.45, 7) is 3.85. The van der Waals surface area contributed by atoms with E-state index in [0.29, 0.717) is 24.7 Å². The van der Waals surface area contributed by atoms with Crippen molar-refractivity contribution in [1.82, 2.24) is 9.55 Å². The van der Waals surface area contributed by atoms with Gasteiger partial charge in [-0.1, -0.05) is 6.07 Å². The minimum atomic E-state index is 0.416. The fraction of sp³-hybridized carbons (Fsp3) is 0.357. The third-order valence-electron chi connectivity index (χ3n) is 2.96. The maximum Gasteiger partial charge on any atom is 0.161 e. The molecule has 0 aliphatic carbocycles. The maximum atomic E-state index is 5.77. The highest BCUT2D eigenvalue weighted by atomic mass is 16.5. The highest BCUT2D eigenvalue weighted by molar-refractivity contribution is 5.42. The van der Waals surface area contributed by atoms with Crippen molar-refractivity contribution in [2.75, 3.05) is 7.11 Å². The molecule has 1 heterocycles. The first-order chi connectivity index (χ1) is 9.28. The van der Waals surface area contributed by atoms with E-state index in [0.717, 1.165) is 17.9 Å². The van der Waals surface area contributed by atoms with Gasteiger partial charge in [0.05, 0.1) is 7.11 Å². The first-order valence-electron chi connectivity index (χ1n) is 6.28. The maximum absolute atomic E-state index is 5.77. The molecule has 5 heteroatoms. The second kappa shape index (κ2) is 6.24. The number of aryl methyl sites for hydroxylation is 1. The lowest BCUT2D eigenvalue weighted by Crippen LogP contribution is -2.06. The molecular weight excluding hydrogens is 242 g/mol. The van der Waals surface area contributed by atoms with E-state index in [-0.39, 0.29) is 0 Å². The predicted molar refractivity (Wildman–Crippen MR) is 73.1 cm³/mol. The molecule has 0 atom stereocenters. The molecule has 2 N–H and O–H groups in total. The van der Waals surface area contributed by atoms with Crippen LogP contribution in [0.2, 0.25) is 0 Å². The minimum absolute atomic E-state index is 0.416. The predicted octanol–water partition coefficient (Wildman–Crippen LogP) is 1.95. The van der Waals surface area contributed by atoms with Crippen LogP contribution in [0.25, 0.3) is 0 Å². The molecule has 0 amide bonds. The third kappa shape index (κ3) is 3.06.